The van der Waals surface area contributed by atoms with Crippen molar-refractivity contribution in [2.45, 2.75) is 25.7 Å². The number of fused-ring (bicyclic) bond motifs is 1. The largest absolute Gasteiger partial charge is 0.356 e. The van der Waals surface area contributed by atoms with E-state index in [1.807, 2.05) is 48.2 Å². The Balaban J connectivity index is 1.32. The van der Waals surface area contributed by atoms with E-state index in [-0.39, 0.29) is 11.8 Å². The average Bonchev–Trinajstić information content (AvgIpc) is 3.24. The van der Waals surface area contributed by atoms with E-state index in [9.17, 15) is 4.79 Å². The smallest absolute Gasteiger partial charge is 0.253 e. The highest BCUT2D eigenvalue weighted by Crippen LogP contribution is 2.34. The molecule has 0 bridgehead atoms. The Morgan fingerprint density at radius 1 is 1.13 bits per heavy atom. The van der Waals surface area contributed by atoms with Crippen molar-refractivity contribution < 1.29 is 9.32 Å². The van der Waals surface area contributed by atoms with Gasteiger partial charge in [0.2, 0.25) is 0 Å². The van der Waals surface area contributed by atoms with E-state index in [2.05, 4.69) is 20.1 Å². The molecule has 3 aromatic heterocycles. The molecule has 1 fully saturated rings. The van der Waals surface area contributed by atoms with Crippen LogP contribution in [0, 0.1) is 6.92 Å². The summed E-state index contributed by atoms with van der Waals surface area (Å²) in [7, 11) is 0. The number of likely N-dealkylation sites (tertiary alicyclic amines) is 1. The Morgan fingerprint density at radius 3 is 2.80 bits per heavy atom. The predicted molar refractivity (Wildman–Crippen MR) is 112 cm³/mol. The van der Waals surface area contributed by atoms with Crippen molar-refractivity contribution in [1.82, 2.24) is 25.0 Å². The Kier molecular flexibility index (Phi) is 4.71. The van der Waals surface area contributed by atoms with E-state index in [0.29, 0.717) is 24.4 Å². The molecular formula is C23H21N5O2. The first-order valence-corrected chi connectivity index (χ1v) is 10.1. The summed E-state index contributed by atoms with van der Waals surface area (Å²) in [5.74, 6) is 0.998. The van der Waals surface area contributed by atoms with Gasteiger partial charge in [-0.25, -0.2) is 9.97 Å². The van der Waals surface area contributed by atoms with Crippen LogP contribution in [0.2, 0.25) is 0 Å². The normalized spacial score (nSPS) is 14.9. The van der Waals surface area contributed by atoms with Crippen molar-refractivity contribution in [3.8, 4) is 11.3 Å². The molecule has 0 saturated carbocycles. The molecule has 1 amide bonds. The standard InChI is InChI=1S/C23H21N5O2/c1-15-11-21(30-27-15)19-13-24-14-26-22(19)16-6-9-28(10-7-16)23(29)18-4-5-20-17(12-18)3-2-8-25-20/h2-5,8,11-14,16H,6-7,9-10H2,1H3. The number of benzene rings is 1. The minimum Gasteiger partial charge on any atom is -0.356 e. The molecule has 30 heavy (non-hydrogen) atoms. The lowest BCUT2D eigenvalue weighted by molar-refractivity contribution is 0.0712. The molecule has 7 nitrogen and oxygen atoms in total. The van der Waals surface area contributed by atoms with Crippen LogP contribution >= 0.6 is 0 Å². The van der Waals surface area contributed by atoms with Crippen LogP contribution in [0.25, 0.3) is 22.2 Å². The van der Waals surface area contributed by atoms with Crippen LogP contribution in [0.5, 0.6) is 0 Å². The lowest BCUT2D eigenvalue weighted by Crippen LogP contribution is -2.38. The lowest BCUT2D eigenvalue weighted by Gasteiger charge is -2.32. The van der Waals surface area contributed by atoms with Gasteiger partial charge in [0.15, 0.2) is 5.76 Å². The lowest BCUT2D eigenvalue weighted by atomic mass is 9.90. The van der Waals surface area contributed by atoms with Crippen molar-refractivity contribution in [2.75, 3.05) is 13.1 Å². The first-order valence-electron chi connectivity index (χ1n) is 10.1. The maximum atomic E-state index is 13.0. The summed E-state index contributed by atoms with van der Waals surface area (Å²) < 4.78 is 5.43. The van der Waals surface area contributed by atoms with Crippen LogP contribution in [0.15, 0.2) is 59.6 Å². The minimum atomic E-state index is 0.0629. The van der Waals surface area contributed by atoms with Crippen LogP contribution in [0.4, 0.5) is 0 Å². The highest BCUT2D eigenvalue weighted by molar-refractivity contribution is 5.98. The number of carbonyl (C=O) groups excluding carboxylic acids is 1. The minimum absolute atomic E-state index is 0.0629. The fourth-order valence-corrected chi connectivity index (χ4v) is 4.09. The molecule has 1 aliphatic heterocycles. The first-order chi connectivity index (χ1) is 14.7. The quantitative estimate of drug-likeness (QED) is 0.517. The van der Waals surface area contributed by atoms with Crippen LogP contribution in [0.3, 0.4) is 0 Å². The summed E-state index contributed by atoms with van der Waals surface area (Å²) in [6.07, 6.45) is 6.80. The van der Waals surface area contributed by atoms with Crippen molar-refractivity contribution in [3.05, 3.63) is 72.1 Å². The zero-order chi connectivity index (χ0) is 20.5. The van der Waals surface area contributed by atoms with Crippen molar-refractivity contribution in [2.24, 2.45) is 0 Å². The summed E-state index contributed by atoms with van der Waals surface area (Å²) in [6, 6.07) is 11.5. The topological polar surface area (TPSA) is 85.0 Å². The molecule has 1 aliphatic rings. The summed E-state index contributed by atoms with van der Waals surface area (Å²) in [5, 5.41) is 4.96. The average molecular weight is 399 g/mol. The number of hydrogen-bond acceptors (Lipinski definition) is 6. The summed E-state index contributed by atoms with van der Waals surface area (Å²) >= 11 is 0. The van der Waals surface area contributed by atoms with E-state index < -0.39 is 0 Å². The van der Waals surface area contributed by atoms with Crippen LogP contribution in [0.1, 0.15) is 40.5 Å². The molecule has 4 aromatic rings. The molecular weight excluding hydrogens is 378 g/mol. The van der Waals surface area contributed by atoms with E-state index in [1.165, 1.54) is 0 Å². The van der Waals surface area contributed by atoms with E-state index in [1.54, 1.807) is 18.7 Å². The Morgan fingerprint density at radius 2 is 2.00 bits per heavy atom. The maximum absolute atomic E-state index is 13.0. The van der Waals surface area contributed by atoms with Gasteiger partial charge in [-0.15, -0.1) is 0 Å². The number of aryl methyl sites for hydroxylation is 1. The van der Waals surface area contributed by atoms with Gasteiger partial charge in [0, 0.05) is 48.4 Å². The van der Waals surface area contributed by atoms with Crippen LogP contribution in [-0.2, 0) is 0 Å². The number of carbonyl (C=O) groups is 1. The molecule has 0 atom stereocenters. The molecule has 0 radical (unpaired) electrons. The second-order valence-corrected chi connectivity index (χ2v) is 7.63. The number of amides is 1. The molecule has 0 N–H and O–H groups in total. The number of piperidine rings is 1. The van der Waals surface area contributed by atoms with Gasteiger partial charge in [-0.2, -0.15) is 0 Å². The number of hydrogen-bond donors (Lipinski definition) is 0. The van der Waals surface area contributed by atoms with E-state index in [0.717, 1.165) is 40.7 Å². The van der Waals surface area contributed by atoms with Crippen LogP contribution in [-0.4, -0.2) is 44.0 Å². The zero-order valence-corrected chi connectivity index (χ0v) is 16.7. The molecule has 7 heteroatoms. The summed E-state index contributed by atoms with van der Waals surface area (Å²) in [6.45, 7) is 3.27. The molecule has 0 unspecified atom stereocenters. The van der Waals surface area contributed by atoms with Gasteiger partial charge in [-0.05, 0) is 44.0 Å². The second kappa shape index (κ2) is 7.67. The number of rotatable bonds is 3. The SMILES string of the molecule is Cc1cc(-c2cncnc2C2CCN(C(=O)c3ccc4ncccc4c3)CC2)on1. The monoisotopic (exact) mass is 399 g/mol. The first kappa shape index (κ1) is 18.4. The molecule has 1 saturated heterocycles. The van der Waals surface area contributed by atoms with Gasteiger partial charge in [0.05, 0.1) is 22.5 Å². The van der Waals surface area contributed by atoms with Crippen LogP contribution < -0.4 is 0 Å². The Hall–Kier alpha value is -3.61. The van der Waals surface area contributed by atoms with Gasteiger partial charge < -0.3 is 9.42 Å². The zero-order valence-electron chi connectivity index (χ0n) is 16.7. The molecule has 1 aromatic carbocycles. The maximum Gasteiger partial charge on any atom is 0.253 e. The summed E-state index contributed by atoms with van der Waals surface area (Å²) in [4.78, 5) is 28.0. The third-order valence-electron chi connectivity index (χ3n) is 5.66. The highest BCUT2D eigenvalue weighted by Gasteiger charge is 2.28. The number of pyridine rings is 1. The Labute approximate surface area is 173 Å². The molecule has 4 heterocycles. The number of nitrogens with zero attached hydrogens (tertiary/aromatic N) is 5. The van der Waals surface area contributed by atoms with Gasteiger partial charge in [-0.1, -0.05) is 11.2 Å². The molecule has 0 aliphatic carbocycles. The second-order valence-electron chi connectivity index (χ2n) is 7.63. The third kappa shape index (κ3) is 3.43. The van der Waals surface area contributed by atoms with E-state index >= 15 is 0 Å². The van der Waals surface area contributed by atoms with Gasteiger partial charge in [0.1, 0.15) is 6.33 Å². The van der Waals surface area contributed by atoms with Crippen molar-refractivity contribution >= 4 is 16.8 Å². The van der Waals surface area contributed by atoms with E-state index in [4.69, 9.17) is 4.52 Å². The molecule has 5 rings (SSSR count). The Bertz CT molecular complexity index is 1210. The fourth-order valence-electron chi connectivity index (χ4n) is 4.09. The fraction of sp³-hybridized carbons (Fsp3) is 0.261. The molecule has 0 spiro atoms. The van der Waals surface area contributed by atoms with Gasteiger partial charge in [0.25, 0.3) is 5.91 Å². The summed E-state index contributed by atoms with van der Waals surface area (Å²) in [5.41, 5.74) is 4.27. The predicted octanol–water partition coefficient (Wildman–Crippen LogP) is 4.01. The molecule has 150 valence electrons. The van der Waals surface area contributed by atoms with Crippen molar-refractivity contribution in [1.29, 1.82) is 0 Å². The van der Waals surface area contributed by atoms with Gasteiger partial charge in [-0.3, -0.25) is 9.78 Å². The third-order valence-corrected chi connectivity index (χ3v) is 5.66. The number of aromatic nitrogens is 4. The van der Waals surface area contributed by atoms with Crippen molar-refractivity contribution in [3.63, 3.8) is 0 Å². The highest BCUT2D eigenvalue weighted by atomic mass is 16.5. The van der Waals surface area contributed by atoms with Gasteiger partial charge >= 0.3 is 0 Å².